The average Bonchev–Trinajstić information content (AvgIpc) is 3.09. The fourth-order valence-corrected chi connectivity index (χ4v) is 5.29. The number of rotatable bonds is 4. The standard InChI is InChI=1S/C19H19F3N4O2S/c20-19(21,22)18-24-16-7-4-10-23-17(16)26(18)15-8-11-25(12-9-15)29(27,28)13-14-5-2-1-3-6-14/h1-7,10,15H,8-9,11-13H2. The molecule has 1 aliphatic heterocycles. The maximum absolute atomic E-state index is 13.5. The summed E-state index contributed by atoms with van der Waals surface area (Å²) in [5, 5.41) is 0. The summed E-state index contributed by atoms with van der Waals surface area (Å²) in [5.41, 5.74) is 1.03. The van der Waals surface area contributed by atoms with Gasteiger partial charge < -0.3 is 4.57 Å². The summed E-state index contributed by atoms with van der Waals surface area (Å²) in [6, 6.07) is 11.3. The van der Waals surface area contributed by atoms with Crippen LogP contribution in [-0.2, 0) is 22.0 Å². The zero-order chi connectivity index (χ0) is 20.6. The fourth-order valence-electron chi connectivity index (χ4n) is 3.73. The Morgan fingerprint density at radius 3 is 2.38 bits per heavy atom. The van der Waals surface area contributed by atoms with Crippen molar-refractivity contribution in [2.45, 2.75) is 30.8 Å². The van der Waals surface area contributed by atoms with Crippen molar-refractivity contribution in [3.63, 3.8) is 0 Å². The molecule has 0 unspecified atom stereocenters. The number of fused-ring (bicyclic) bond motifs is 1. The van der Waals surface area contributed by atoms with Gasteiger partial charge >= 0.3 is 6.18 Å². The summed E-state index contributed by atoms with van der Waals surface area (Å²) in [4.78, 5) is 7.81. The summed E-state index contributed by atoms with van der Waals surface area (Å²) < 4.78 is 68.5. The van der Waals surface area contributed by atoms with Gasteiger partial charge in [0.05, 0.1) is 5.75 Å². The van der Waals surface area contributed by atoms with E-state index in [2.05, 4.69) is 9.97 Å². The molecule has 29 heavy (non-hydrogen) atoms. The van der Waals surface area contributed by atoms with E-state index in [-0.39, 0.29) is 42.8 Å². The molecule has 0 bridgehead atoms. The number of benzene rings is 1. The van der Waals surface area contributed by atoms with Crippen molar-refractivity contribution in [2.24, 2.45) is 0 Å². The molecule has 3 aromatic rings. The van der Waals surface area contributed by atoms with Gasteiger partial charge in [0.2, 0.25) is 15.8 Å². The number of piperidine rings is 1. The number of imidazole rings is 1. The van der Waals surface area contributed by atoms with Crippen LogP contribution in [0.5, 0.6) is 0 Å². The van der Waals surface area contributed by atoms with E-state index in [0.717, 1.165) is 4.57 Å². The highest BCUT2D eigenvalue weighted by Gasteiger charge is 2.40. The van der Waals surface area contributed by atoms with E-state index in [1.54, 1.807) is 30.3 Å². The highest BCUT2D eigenvalue weighted by atomic mass is 32.2. The molecular weight excluding hydrogens is 405 g/mol. The van der Waals surface area contributed by atoms with Crippen molar-refractivity contribution in [1.29, 1.82) is 0 Å². The molecule has 0 spiro atoms. The molecule has 1 aliphatic rings. The summed E-state index contributed by atoms with van der Waals surface area (Å²) in [6.07, 6.45) is -2.66. The van der Waals surface area contributed by atoms with Crippen LogP contribution in [-0.4, -0.2) is 40.3 Å². The van der Waals surface area contributed by atoms with Gasteiger partial charge in [0.15, 0.2) is 5.65 Å². The summed E-state index contributed by atoms with van der Waals surface area (Å²) >= 11 is 0. The molecule has 0 N–H and O–H groups in total. The Kier molecular flexibility index (Phi) is 5.07. The van der Waals surface area contributed by atoms with Gasteiger partial charge in [-0.2, -0.15) is 13.2 Å². The second-order valence-corrected chi connectivity index (χ2v) is 8.99. The van der Waals surface area contributed by atoms with E-state index in [0.29, 0.717) is 5.56 Å². The van der Waals surface area contributed by atoms with E-state index >= 15 is 0 Å². The Hall–Kier alpha value is -2.46. The van der Waals surface area contributed by atoms with Crippen LogP contribution in [0.1, 0.15) is 30.3 Å². The quantitative estimate of drug-likeness (QED) is 0.642. The zero-order valence-corrected chi connectivity index (χ0v) is 16.2. The molecule has 2 aromatic heterocycles. The molecular formula is C19H19F3N4O2S. The van der Waals surface area contributed by atoms with Crippen molar-refractivity contribution in [1.82, 2.24) is 18.8 Å². The Morgan fingerprint density at radius 1 is 1.03 bits per heavy atom. The zero-order valence-electron chi connectivity index (χ0n) is 15.4. The van der Waals surface area contributed by atoms with Crippen LogP contribution in [0.15, 0.2) is 48.7 Å². The number of sulfonamides is 1. The van der Waals surface area contributed by atoms with Crippen LogP contribution in [0.3, 0.4) is 0 Å². The number of halogens is 3. The van der Waals surface area contributed by atoms with Crippen LogP contribution in [0.2, 0.25) is 0 Å². The summed E-state index contributed by atoms with van der Waals surface area (Å²) in [5.74, 6) is -1.11. The first-order valence-corrected chi connectivity index (χ1v) is 10.8. The molecule has 10 heteroatoms. The van der Waals surface area contributed by atoms with Gasteiger partial charge in [-0.15, -0.1) is 0 Å². The highest BCUT2D eigenvalue weighted by molar-refractivity contribution is 7.88. The third kappa shape index (κ3) is 3.99. The van der Waals surface area contributed by atoms with Gasteiger partial charge in [0.1, 0.15) is 5.52 Å². The Balaban J connectivity index is 1.56. The van der Waals surface area contributed by atoms with E-state index in [4.69, 9.17) is 0 Å². The predicted molar refractivity (Wildman–Crippen MR) is 101 cm³/mol. The van der Waals surface area contributed by atoms with Crippen molar-refractivity contribution in [3.8, 4) is 0 Å². The smallest absolute Gasteiger partial charge is 0.302 e. The van der Waals surface area contributed by atoms with Crippen LogP contribution >= 0.6 is 0 Å². The van der Waals surface area contributed by atoms with Gasteiger partial charge in [-0.1, -0.05) is 30.3 Å². The predicted octanol–water partition coefficient (Wildman–Crippen LogP) is 3.62. The second-order valence-electron chi connectivity index (χ2n) is 7.02. The minimum atomic E-state index is -4.61. The second kappa shape index (κ2) is 7.42. The number of alkyl halides is 3. The maximum atomic E-state index is 13.5. The van der Waals surface area contributed by atoms with Crippen LogP contribution < -0.4 is 0 Å². The van der Waals surface area contributed by atoms with E-state index in [9.17, 15) is 21.6 Å². The first kappa shape index (κ1) is 19.8. The van der Waals surface area contributed by atoms with Gasteiger partial charge in [-0.3, -0.25) is 0 Å². The molecule has 1 aromatic carbocycles. The Labute approximate surface area is 166 Å². The van der Waals surface area contributed by atoms with Crippen LogP contribution in [0.4, 0.5) is 13.2 Å². The Morgan fingerprint density at radius 2 is 1.72 bits per heavy atom. The highest BCUT2D eigenvalue weighted by Crippen LogP contribution is 2.36. The van der Waals surface area contributed by atoms with Gasteiger partial charge in [0, 0.05) is 25.3 Å². The lowest BCUT2D eigenvalue weighted by molar-refractivity contribution is -0.147. The average molecular weight is 424 g/mol. The van der Waals surface area contributed by atoms with Gasteiger partial charge in [-0.05, 0) is 30.5 Å². The lowest BCUT2D eigenvalue weighted by atomic mass is 10.1. The number of aromatic nitrogens is 3. The first-order chi connectivity index (χ1) is 13.8. The topological polar surface area (TPSA) is 68.1 Å². The minimum absolute atomic E-state index is 0.123. The number of hydrogen-bond acceptors (Lipinski definition) is 4. The number of nitrogens with zero attached hydrogens (tertiary/aromatic N) is 4. The Bertz CT molecular complexity index is 1110. The normalized spacial score (nSPS) is 17.1. The maximum Gasteiger partial charge on any atom is 0.449 e. The van der Waals surface area contributed by atoms with Crippen LogP contribution in [0.25, 0.3) is 11.2 Å². The SMILES string of the molecule is O=S(=O)(Cc1ccccc1)N1CCC(n2c(C(F)(F)F)nc3cccnc32)CC1. The molecule has 0 radical (unpaired) electrons. The molecule has 3 heterocycles. The van der Waals surface area contributed by atoms with Crippen molar-refractivity contribution in [3.05, 3.63) is 60.0 Å². The van der Waals surface area contributed by atoms with E-state index < -0.39 is 28.1 Å². The van der Waals surface area contributed by atoms with Crippen molar-refractivity contribution in [2.75, 3.05) is 13.1 Å². The van der Waals surface area contributed by atoms with E-state index in [1.165, 1.54) is 16.6 Å². The molecule has 0 amide bonds. The molecule has 4 rings (SSSR count). The lowest BCUT2D eigenvalue weighted by Crippen LogP contribution is -2.40. The molecule has 154 valence electrons. The van der Waals surface area contributed by atoms with Crippen molar-refractivity contribution >= 4 is 21.2 Å². The summed E-state index contributed by atoms with van der Waals surface area (Å²) in [7, 11) is -3.54. The number of hydrogen-bond donors (Lipinski definition) is 0. The third-order valence-electron chi connectivity index (χ3n) is 5.08. The third-order valence-corrected chi connectivity index (χ3v) is 6.93. The first-order valence-electron chi connectivity index (χ1n) is 9.17. The molecule has 1 saturated heterocycles. The molecule has 0 atom stereocenters. The van der Waals surface area contributed by atoms with E-state index in [1.807, 2.05) is 6.07 Å². The molecule has 0 aliphatic carbocycles. The fraction of sp³-hybridized carbons (Fsp3) is 0.368. The van der Waals surface area contributed by atoms with Crippen molar-refractivity contribution < 1.29 is 21.6 Å². The number of pyridine rings is 1. The van der Waals surface area contributed by atoms with Crippen LogP contribution in [0, 0.1) is 0 Å². The lowest BCUT2D eigenvalue weighted by Gasteiger charge is -2.32. The molecule has 0 saturated carbocycles. The van der Waals surface area contributed by atoms with Gasteiger partial charge in [-0.25, -0.2) is 22.7 Å². The molecule has 6 nitrogen and oxygen atoms in total. The minimum Gasteiger partial charge on any atom is -0.302 e. The van der Waals surface area contributed by atoms with Gasteiger partial charge in [0.25, 0.3) is 0 Å². The monoisotopic (exact) mass is 424 g/mol. The summed E-state index contributed by atoms with van der Waals surface area (Å²) in [6.45, 7) is 0.313. The largest absolute Gasteiger partial charge is 0.449 e. The molecule has 1 fully saturated rings.